The van der Waals surface area contributed by atoms with Crippen molar-refractivity contribution in [3.63, 3.8) is 0 Å². The highest BCUT2D eigenvalue weighted by Gasteiger charge is 2.40. The molecule has 3 unspecified atom stereocenters. The summed E-state index contributed by atoms with van der Waals surface area (Å²) in [5.74, 6) is 1.30. The summed E-state index contributed by atoms with van der Waals surface area (Å²) in [6, 6.07) is 7.88. The van der Waals surface area contributed by atoms with Gasteiger partial charge in [0.15, 0.2) is 0 Å². The van der Waals surface area contributed by atoms with E-state index in [0.29, 0.717) is 11.8 Å². The van der Waals surface area contributed by atoms with Crippen LogP contribution in [0.3, 0.4) is 0 Å². The molecule has 0 aromatic heterocycles. The third-order valence-electron chi connectivity index (χ3n) is 3.19. The third-order valence-corrected chi connectivity index (χ3v) is 3.44. The summed E-state index contributed by atoms with van der Waals surface area (Å²) in [6.07, 6.45) is 1.19. The van der Waals surface area contributed by atoms with E-state index in [4.69, 9.17) is 11.6 Å². The summed E-state index contributed by atoms with van der Waals surface area (Å²) < 4.78 is 0. The summed E-state index contributed by atoms with van der Waals surface area (Å²) in [5, 5.41) is 3.76. The van der Waals surface area contributed by atoms with E-state index in [2.05, 4.69) is 12.2 Å². The molecule has 0 aliphatic heterocycles. The highest BCUT2D eigenvalue weighted by atomic mass is 35.5. The Hall–Kier alpha value is -1.02. The third kappa shape index (κ3) is 2.56. The lowest BCUT2D eigenvalue weighted by molar-refractivity contribution is -0.119. The SMILES string of the molecule is CC(=O)NC(c1ccc(Cl)cc1)C1CC1C. The maximum absolute atomic E-state index is 11.2. The molecule has 3 heteroatoms. The van der Waals surface area contributed by atoms with Gasteiger partial charge in [0, 0.05) is 11.9 Å². The largest absolute Gasteiger partial charge is 0.349 e. The summed E-state index contributed by atoms with van der Waals surface area (Å²) in [4.78, 5) is 11.2. The fourth-order valence-electron chi connectivity index (χ4n) is 2.14. The van der Waals surface area contributed by atoms with Crippen molar-refractivity contribution >= 4 is 17.5 Å². The van der Waals surface area contributed by atoms with Gasteiger partial charge in [-0.05, 0) is 36.0 Å². The van der Waals surface area contributed by atoms with E-state index in [-0.39, 0.29) is 11.9 Å². The highest BCUT2D eigenvalue weighted by Crippen LogP contribution is 2.46. The molecule has 2 rings (SSSR count). The molecule has 2 nitrogen and oxygen atoms in total. The van der Waals surface area contributed by atoms with Crippen molar-refractivity contribution in [1.82, 2.24) is 5.32 Å². The van der Waals surface area contributed by atoms with E-state index < -0.39 is 0 Å². The van der Waals surface area contributed by atoms with Crippen molar-refractivity contribution in [2.45, 2.75) is 26.3 Å². The minimum Gasteiger partial charge on any atom is -0.349 e. The highest BCUT2D eigenvalue weighted by molar-refractivity contribution is 6.30. The van der Waals surface area contributed by atoms with Gasteiger partial charge in [-0.25, -0.2) is 0 Å². The first kappa shape index (κ1) is 11.5. The standard InChI is InChI=1S/C13H16ClNO/c1-8-7-12(8)13(15-9(2)16)10-3-5-11(14)6-4-10/h3-6,8,12-13H,7H2,1-2H3,(H,15,16). The van der Waals surface area contributed by atoms with Crippen LogP contribution in [0.4, 0.5) is 0 Å². The topological polar surface area (TPSA) is 29.1 Å². The molecule has 86 valence electrons. The lowest BCUT2D eigenvalue weighted by Crippen LogP contribution is -2.27. The molecule has 0 heterocycles. The van der Waals surface area contributed by atoms with E-state index in [1.807, 2.05) is 24.3 Å². The molecule has 1 aromatic carbocycles. The first-order valence-electron chi connectivity index (χ1n) is 5.60. The Balaban J connectivity index is 2.17. The van der Waals surface area contributed by atoms with Crippen LogP contribution in [0.1, 0.15) is 31.9 Å². The fourth-order valence-corrected chi connectivity index (χ4v) is 2.27. The first-order valence-corrected chi connectivity index (χ1v) is 5.98. The molecular formula is C13H16ClNO. The van der Waals surface area contributed by atoms with Crippen molar-refractivity contribution in [3.8, 4) is 0 Å². The van der Waals surface area contributed by atoms with E-state index >= 15 is 0 Å². The van der Waals surface area contributed by atoms with Crippen molar-refractivity contribution < 1.29 is 4.79 Å². The number of hydrogen-bond acceptors (Lipinski definition) is 1. The molecule has 0 spiro atoms. The summed E-state index contributed by atoms with van der Waals surface area (Å²) in [5.41, 5.74) is 1.15. The van der Waals surface area contributed by atoms with Gasteiger partial charge in [-0.1, -0.05) is 30.7 Å². The van der Waals surface area contributed by atoms with Gasteiger partial charge < -0.3 is 5.32 Å². The minimum atomic E-state index is 0.0269. The Morgan fingerprint density at radius 3 is 2.44 bits per heavy atom. The van der Waals surface area contributed by atoms with Crippen molar-refractivity contribution in [2.75, 3.05) is 0 Å². The van der Waals surface area contributed by atoms with Crippen LogP contribution < -0.4 is 5.32 Å². The Bertz CT molecular complexity index is 387. The summed E-state index contributed by atoms with van der Waals surface area (Å²) >= 11 is 5.86. The van der Waals surface area contributed by atoms with Gasteiger partial charge >= 0.3 is 0 Å². The number of benzene rings is 1. The fraction of sp³-hybridized carbons (Fsp3) is 0.462. The molecule has 1 fully saturated rings. The zero-order valence-corrected chi connectivity index (χ0v) is 10.3. The van der Waals surface area contributed by atoms with Gasteiger partial charge in [-0.3, -0.25) is 4.79 Å². The van der Waals surface area contributed by atoms with Gasteiger partial charge in [0.05, 0.1) is 6.04 Å². The van der Waals surface area contributed by atoms with Gasteiger partial charge in [0.2, 0.25) is 5.91 Å². The molecule has 1 amide bonds. The molecule has 0 saturated heterocycles. The smallest absolute Gasteiger partial charge is 0.217 e. The Labute approximate surface area is 101 Å². The Morgan fingerprint density at radius 2 is 2.00 bits per heavy atom. The predicted molar refractivity (Wildman–Crippen MR) is 65.3 cm³/mol. The second kappa shape index (κ2) is 4.46. The normalized spacial score (nSPS) is 24.9. The van der Waals surface area contributed by atoms with E-state index in [0.717, 1.165) is 10.6 Å². The number of rotatable bonds is 3. The van der Waals surface area contributed by atoms with Gasteiger partial charge in [0.1, 0.15) is 0 Å². The van der Waals surface area contributed by atoms with Crippen LogP contribution in [0.2, 0.25) is 5.02 Å². The molecule has 1 aliphatic rings. The molecule has 3 atom stereocenters. The van der Waals surface area contributed by atoms with Gasteiger partial charge in [-0.15, -0.1) is 0 Å². The number of amides is 1. The number of carbonyl (C=O) groups excluding carboxylic acids is 1. The quantitative estimate of drug-likeness (QED) is 0.860. The van der Waals surface area contributed by atoms with Crippen LogP contribution in [0.5, 0.6) is 0 Å². The second-order valence-electron chi connectivity index (χ2n) is 4.61. The number of hydrogen-bond donors (Lipinski definition) is 1. The van der Waals surface area contributed by atoms with Gasteiger partial charge in [0.25, 0.3) is 0 Å². The number of nitrogens with one attached hydrogen (secondary N) is 1. The maximum atomic E-state index is 11.2. The van der Waals surface area contributed by atoms with Crippen LogP contribution in [0.15, 0.2) is 24.3 Å². The average Bonchev–Trinajstić information content (AvgIpc) is 2.93. The summed E-state index contributed by atoms with van der Waals surface area (Å²) in [6.45, 7) is 3.78. The van der Waals surface area contributed by atoms with Crippen LogP contribution in [-0.2, 0) is 4.79 Å². The minimum absolute atomic E-state index is 0.0269. The monoisotopic (exact) mass is 237 g/mol. The Morgan fingerprint density at radius 1 is 1.44 bits per heavy atom. The van der Waals surface area contributed by atoms with Crippen molar-refractivity contribution in [1.29, 1.82) is 0 Å². The molecule has 1 saturated carbocycles. The lowest BCUT2D eigenvalue weighted by atomic mass is 10.0. The molecule has 1 aromatic rings. The van der Waals surface area contributed by atoms with Crippen LogP contribution >= 0.6 is 11.6 Å². The molecule has 16 heavy (non-hydrogen) atoms. The molecule has 1 N–H and O–H groups in total. The lowest BCUT2D eigenvalue weighted by Gasteiger charge is -2.18. The number of halogens is 1. The van der Waals surface area contributed by atoms with E-state index in [9.17, 15) is 4.79 Å². The average molecular weight is 238 g/mol. The van der Waals surface area contributed by atoms with Crippen LogP contribution in [0, 0.1) is 11.8 Å². The number of carbonyl (C=O) groups is 1. The molecule has 0 bridgehead atoms. The van der Waals surface area contributed by atoms with Gasteiger partial charge in [-0.2, -0.15) is 0 Å². The summed E-state index contributed by atoms with van der Waals surface area (Å²) in [7, 11) is 0. The molecular weight excluding hydrogens is 222 g/mol. The molecule has 0 radical (unpaired) electrons. The van der Waals surface area contributed by atoms with Crippen LogP contribution in [0.25, 0.3) is 0 Å². The van der Waals surface area contributed by atoms with Crippen molar-refractivity contribution in [2.24, 2.45) is 11.8 Å². The van der Waals surface area contributed by atoms with Crippen molar-refractivity contribution in [3.05, 3.63) is 34.9 Å². The second-order valence-corrected chi connectivity index (χ2v) is 5.04. The molecule has 1 aliphatic carbocycles. The first-order chi connectivity index (χ1) is 7.58. The van der Waals surface area contributed by atoms with E-state index in [1.165, 1.54) is 6.42 Å². The van der Waals surface area contributed by atoms with E-state index in [1.54, 1.807) is 6.92 Å². The Kier molecular flexibility index (Phi) is 3.20. The van der Waals surface area contributed by atoms with Crippen LogP contribution in [-0.4, -0.2) is 5.91 Å². The predicted octanol–water partition coefficient (Wildman–Crippen LogP) is 3.17. The zero-order valence-electron chi connectivity index (χ0n) is 9.53. The maximum Gasteiger partial charge on any atom is 0.217 e. The zero-order chi connectivity index (χ0) is 11.7.